The van der Waals surface area contributed by atoms with E-state index in [1.54, 1.807) is 6.08 Å². The summed E-state index contributed by atoms with van der Waals surface area (Å²) >= 11 is 3.43. The Morgan fingerprint density at radius 1 is 1.04 bits per heavy atom. The van der Waals surface area contributed by atoms with E-state index in [2.05, 4.69) is 32.0 Å². The second-order valence-corrected chi connectivity index (χ2v) is 7.14. The van der Waals surface area contributed by atoms with Crippen molar-refractivity contribution in [1.82, 2.24) is 9.97 Å². The van der Waals surface area contributed by atoms with E-state index >= 15 is 0 Å². The Balaban J connectivity index is 1.62. The third kappa shape index (κ3) is 3.98. The van der Waals surface area contributed by atoms with Gasteiger partial charge in [-0.25, -0.2) is 4.98 Å². The summed E-state index contributed by atoms with van der Waals surface area (Å²) < 4.78 is 7.03. The van der Waals surface area contributed by atoms with Crippen LogP contribution in [0, 0.1) is 11.3 Å². The predicted molar refractivity (Wildman–Crippen MR) is 114 cm³/mol. The highest BCUT2D eigenvalue weighted by Crippen LogP contribution is 2.25. The van der Waals surface area contributed by atoms with Gasteiger partial charge in [-0.1, -0.05) is 58.4 Å². The highest BCUT2D eigenvalue weighted by atomic mass is 79.9. The van der Waals surface area contributed by atoms with Crippen LogP contribution in [0.3, 0.4) is 0 Å². The summed E-state index contributed by atoms with van der Waals surface area (Å²) in [5, 5.41) is 9.67. The number of ether oxygens (including phenoxy) is 1. The van der Waals surface area contributed by atoms with Crippen molar-refractivity contribution in [2.45, 2.75) is 6.61 Å². The molecule has 0 unspecified atom stereocenters. The molecule has 0 spiro atoms. The lowest BCUT2D eigenvalue weighted by Gasteiger charge is -2.09. The number of allylic oxidation sites excluding steroid dienone is 1. The number of para-hydroxylation sites is 3. The molecule has 0 aliphatic carbocycles. The number of H-pyrrole nitrogens is 1. The molecule has 4 aromatic rings. The van der Waals surface area contributed by atoms with E-state index in [9.17, 15) is 5.26 Å². The van der Waals surface area contributed by atoms with Crippen LogP contribution in [0.4, 0.5) is 0 Å². The minimum atomic E-state index is 0.449. The first-order valence-electron chi connectivity index (χ1n) is 8.76. The molecule has 1 aromatic heterocycles. The molecule has 1 heterocycles. The highest BCUT2D eigenvalue weighted by Gasteiger charge is 2.09. The molecule has 4 rings (SSSR count). The Morgan fingerprint density at radius 3 is 2.57 bits per heavy atom. The largest absolute Gasteiger partial charge is 0.488 e. The molecular weight excluding hydrogens is 414 g/mol. The van der Waals surface area contributed by atoms with Crippen molar-refractivity contribution in [1.29, 1.82) is 5.26 Å². The van der Waals surface area contributed by atoms with Gasteiger partial charge >= 0.3 is 0 Å². The minimum Gasteiger partial charge on any atom is -0.488 e. The van der Waals surface area contributed by atoms with Crippen molar-refractivity contribution in [2.24, 2.45) is 0 Å². The second-order valence-electron chi connectivity index (χ2n) is 6.23. The Morgan fingerprint density at radius 2 is 1.79 bits per heavy atom. The number of halogens is 1. The van der Waals surface area contributed by atoms with Gasteiger partial charge in [-0.2, -0.15) is 5.26 Å². The average Bonchev–Trinajstić information content (AvgIpc) is 3.16. The zero-order chi connectivity index (χ0) is 19.3. The summed E-state index contributed by atoms with van der Waals surface area (Å²) in [4.78, 5) is 7.72. The molecule has 0 radical (unpaired) electrons. The highest BCUT2D eigenvalue weighted by molar-refractivity contribution is 9.10. The van der Waals surface area contributed by atoms with Gasteiger partial charge in [0, 0.05) is 10.0 Å². The van der Waals surface area contributed by atoms with E-state index in [1.165, 1.54) is 0 Å². The molecule has 0 aliphatic rings. The average molecular weight is 430 g/mol. The van der Waals surface area contributed by atoms with Crippen LogP contribution >= 0.6 is 15.9 Å². The van der Waals surface area contributed by atoms with E-state index < -0.39 is 0 Å². The number of imidazole rings is 1. The predicted octanol–water partition coefficient (Wildman–Crippen LogP) is 5.97. The molecular formula is C23H16BrN3O. The quantitative estimate of drug-likeness (QED) is 0.397. The van der Waals surface area contributed by atoms with Crippen molar-refractivity contribution >= 4 is 38.6 Å². The third-order valence-corrected chi connectivity index (χ3v) is 4.82. The monoisotopic (exact) mass is 429 g/mol. The first-order valence-corrected chi connectivity index (χ1v) is 9.55. The fourth-order valence-corrected chi connectivity index (χ4v) is 3.13. The van der Waals surface area contributed by atoms with Crippen LogP contribution in [0.25, 0.3) is 22.7 Å². The number of hydrogen-bond acceptors (Lipinski definition) is 3. The van der Waals surface area contributed by atoms with Crippen LogP contribution in [0.2, 0.25) is 0 Å². The van der Waals surface area contributed by atoms with Gasteiger partial charge in [0.15, 0.2) is 0 Å². The standard InChI is InChI=1S/C23H16BrN3O/c24-19-11-9-16(10-12-19)15-28-22-8-4-1-5-17(22)13-18(14-25)23-26-20-6-2-3-7-21(20)27-23/h1-13H,15H2,(H,26,27)/b18-13-. The number of aromatic amines is 1. The van der Waals surface area contributed by atoms with Gasteiger partial charge in [0.1, 0.15) is 24.3 Å². The van der Waals surface area contributed by atoms with Crippen molar-refractivity contribution in [2.75, 3.05) is 0 Å². The summed E-state index contributed by atoms with van der Waals surface area (Å²) in [5.74, 6) is 1.26. The van der Waals surface area contributed by atoms with Gasteiger partial charge in [0.25, 0.3) is 0 Å². The molecule has 0 aliphatic heterocycles. The van der Waals surface area contributed by atoms with E-state index in [4.69, 9.17) is 4.74 Å². The van der Waals surface area contributed by atoms with Crippen molar-refractivity contribution in [3.05, 3.63) is 94.2 Å². The molecule has 5 heteroatoms. The molecule has 0 bridgehead atoms. The second kappa shape index (κ2) is 8.12. The van der Waals surface area contributed by atoms with Crippen LogP contribution < -0.4 is 4.74 Å². The van der Waals surface area contributed by atoms with Gasteiger partial charge in [-0.15, -0.1) is 0 Å². The fraction of sp³-hybridized carbons (Fsp3) is 0.0435. The number of benzene rings is 3. The molecule has 28 heavy (non-hydrogen) atoms. The number of fused-ring (bicyclic) bond motifs is 1. The van der Waals surface area contributed by atoms with E-state index in [0.717, 1.165) is 26.6 Å². The topological polar surface area (TPSA) is 61.7 Å². The summed E-state index contributed by atoms with van der Waals surface area (Å²) in [6.07, 6.45) is 1.80. The molecule has 0 saturated carbocycles. The van der Waals surface area contributed by atoms with Crippen LogP contribution in [0.1, 0.15) is 17.0 Å². The Kier molecular flexibility index (Phi) is 5.22. The number of nitrogens with zero attached hydrogens (tertiary/aromatic N) is 2. The maximum Gasteiger partial charge on any atom is 0.149 e. The molecule has 0 amide bonds. The van der Waals surface area contributed by atoms with Crippen LogP contribution in [-0.4, -0.2) is 9.97 Å². The summed E-state index contributed by atoms with van der Waals surface area (Å²) in [5.41, 5.74) is 4.09. The zero-order valence-corrected chi connectivity index (χ0v) is 16.5. The summed E-state index contributed by atoms with van der Waals surface area (Å²) in [6, 6.07) is 25.6. The van der Waals surface area contributed by atoms with E-state index in [-0.39, 0.29) is 0 Å². The molecule has 0 atom stereocenters. The number of aromatic nitrogens is 2. The Bertz CT molecular complexity index is 1150. The van der Waals surface area contributed by atoms with Gasteiger partial charge in [-0.05, 0) is 42.0 Å². The molecule has 1 N–H and O–H groups in total. The number of hydrogen-bond donors (Lipinski definition) is 1. The van der Waals surface area contributed by atoms with Gasteiger partial charge in [0.05, 0.1) is 16.6 Å². The zero-order valence-electron chi connectivity index (χ0n) is 14.9. The minimum absolute atomic E-state index is 0.449. The molecule has 3 aromatic carbocycles. The maximum absolute atomic E-state index is 9.67. The Hall–Kier alpha value is -3.36. The fourth-order valence-electron chi connectivity index (χ4n) is 2.86. The first-order chi connectivity index (χ1) is 13.7. The normalized spacial score (nSPS) is 11.4. The SMILES string of the molecule is N#C/C(=C/c1ccccc1OCc1ccc(Br)cc1)c1nc2ccccc2[nH]1. The van der Waals surface area contributed by atoms with Crippen molar-refractivity contribution < 1.29 is 4.74 Å². The lowest BCUT2D eigenvalue weighted by Crippen LogP contribution is -1.97. The lowest BCUT2D eigenvalue weighted by atomic mass is 10.1. The number of rotatable bonds is 5. The van der Waals surface area contributed by atoms with Gasteiger partial charge in [0.2, 0.25) is 0 Å². The van der Waals surface area contributed by atoms with E-state index in [0.29, 0.717) is 23.8 Å². The number of nitriles is 1. The molecule has 0 fully saturated rings. The van der Waals surface area contributed by atoms with Crippen LogP contribution in [0.5, 0.6) is 5.75 Å². The van der Waals surface area contributed by atoms with Crippen molar-refractivity contribution in [3.8, 4) is 11.8 Å². The third-order valence-electron chi connectivity index (χ3n) is 4.29. The van der Waals surface area contributed by atoms with Crippen molar-refractivity contribution in [3.63, 3.8) is 0 Å². The lowest BCUT2D eigenvalue weighted by molar-refractivity contribution is 0.305. The molecule has 4 nitrogen and oxygen atoms in total. The van der Waals surface area contributed by atoms with E-state index in [1.807, 2.05) is 72.8 Å². The Labute approximate surface area is 171 Å². The summed E-state index contributed by atoms with van der Waals surface area (Å²) in [7, 11) is 0. The smallest absolute Gasteiger partial charge is 0.149 e. The van der Waals surface area contributed by atoms with Crippen LogP contribution in [-0.2, 0) is 6.61 Å². The number of nitrogens with one attached hydrogen (secondary N) is 1. The first kappa shape index (κ1) is 18.0. The van der Waals surface area contributed by atoms with Gasteiger partial charge in [-0.3, -0.25) is 0 Å². The maximum atomic E-state index is 9.67. The molecule has 0 saturated heterocycles. The molecule has 136 valence electrons. The van der Waals surface area contributed by atoms with Crippen LogP contribution in [0.15, 0.2) is 77.3 Å². The summed E-state index contributed by atoms with van der Waals surface area (Å²) in [6.45, 7) is 0.449. The van der Waals surface area contributed by atoms with Gasteiger partial charge < -0.3 is 9.72 Å².